The quantitative estimate of drug-likeness (QED) is 0.433. The Morgan fingerprint density at radius 1 is 0.971 bits per heavy atom. The van der Waals surface area contributed by atoms with Gasteiger partial charge in [-0.2, -0.15) is 10.2 Å². The van der Waals surface area contributed by atoms with E-state index in [2.05, 4.69) is 49.4 Å². The van der Waals surface area contributed by atoms with Gasteiger partial charge in [0, 0.05) is 35.7 Å². The van der Waals surface area contributed by atoms with Crippen molar-refractivity contribution in [2.75, 3.05) is 41.8 Å². The summed E-state index contributed by atoms with van der Waals surface area (Å²) in [5, 5.41) is 13.4. The lowest BCUT2D eigenvalue weighted by Gasteiger charge is -2.28. The summed E-state index contributed by atoms with van der Waals surface area (Å²) in [5.74, 6) is 0.209. The first kappa shape index (κ1) is 23.7. The Kier molecular flexibility index (Phi) is 7.82. The van der Waals surface area contributed by atoms with E-state index in [1.165, 1.54) is 18.6 Å². The highest BCUT2D eigenvalue weighted by Gasteiger charge is 2.11. The van der Waals surface area contributed by atoms with Gasteiger partial charge < -0.3 is 26.0 Å². The van der Waals surface area contributed by atoms with Crippen LogP contribution in [0.3, 0.4) is 0 Å². The fourth-order valence-corrected chi connectivity index (χ4v) is 3.56. The summed E-state index contributed by atoms with van der Waals surface area (Å²) in [4.78, 5) is 19.2. The zero-order chi connectivity index (χ0) is 24.5. The van der Waals surface area contributed by atoms with Gasteiger partial charge in [-0.3, -0.25) is 4.79 Å². The molecule has 1 aromatic heterocycles. The topological polar surface area (TPSA) is 118 Å². The van der Waals surface area contributed by atoms with Crippen LogP contribution in [0.5, 0.6) is 0 Å². The van der Waals surface area contributed by atoms with Crippen molar-refractivity contribution in [2.24, 2.45) is 10.7 Å². The van der Waals surface area contributed by atoms with E-state index in [0.717, 1.165) is 43.2 Å². The molecule has 2 aromatic carbocycles. The number of morpholine rings is 1. The largest absolute Gasteiger partial charge is 0.405 e. The third-order valence-electron chi connectivity index (χ3n) is 5.33. The molecular weight excluding hydrogens is 442 g/mol. The summed E-state index contributed by atoms with van der Waals surface area (Å²) in [6.07, 6.45) is 6.01. The van der Waals surface area contributed by atoms with Crippen LogP contribution < -0.4 is 21.3 Å². The summed E-state index contributed by atoms with van der Waals surface area (Å²) in [5.41, 5.74) is 10.2. The van der Waals surface area contributed by atoms with Crippen LogP contribution in [0, 0.1) is 0 Å². The Hall–Kier alpha value is -4.50. The number of nitrogens with one attached hydrogen (secondary N) is 2. The summed E-state index contributed by atoms with van der Waals surface area (Å²) in [7, 11) is 0. The molecule has 0 atom stereocenters. The number of aliphatic imine (C=N–C) groups is 1. The number of nitrogens with zero attached hydrogens (tertiary/aromatic N) is 4. The van der Waals surface area contributed by atoms with Crippen LogP contribution in [0.2, 0.25) is 0 Å². The minimum Gasteiger partial charge on any atom is -0.405 e. The third kappa shape index (κ3) is 6.52. The molecule has 4 N–H and O–H groups in total. The molecule has 35 heavy (non-hydrogen) atoms. The van der Waals surface area contributed by atoms with Gasteiger partial charge in [0.05, 0.1) is 36.9 Å². The fraction of sp³-hybridized carbons (Fsp3) is 0.154. The van der Waals surface area contributed by atoms with Crippen LogP contribution in [0.1, 0.15) is 15.9 Å². The van der Waals surface area contributed by atoms with Gasteiger partial charge >= 0.3 is 0 Å². The van der Waals surface area contributed by atoms with E-state index in [0.29, 0.717) is 22.8 Å². The predicted octanol–water partition coefficient (Wildman–Crippen LogP) is 3.41. The van der Waals surface area contributed by atoms with Crippen molar-refractivity contribution in [3.63, 3.8) is 0 Å². The Balaban J connectivity index is 1.41. The number of nitrogens with two attached hydrogens (primary N) is 1. The number of allylic oxidation sites excluding steroid dienone is 1. The second kappa shape index (κ2) is 11.6. The van der Waals surface area contributed by atoms with E-state index in [1.807, 2.05) is 24.3 Å². The van der Waals surface area contributed by atoms with Gasteiger partial charge in [-0.05, 0) is 54.7 Å². The predicted molar refractivity (Wildman–Crippen MR) is 139 cm³/mol. The first-order valence-electron chi connectivity index (χ1n) is 11.2. The summed E-state index contributed by atoms with van der Waals surface area (Å²) >= 11 is 0. The third-order valence-corrected chi connectivity index (χ3v) is 5.33. The maximum Gasteiger partial charge on any atom is 0.257 e. The van der Waals surface area contributed by atoms with E-state index in [4.69, 9.17) is 10.5 Å². The minimum atomic E-state index is -0.263. The standard InChI is InChI=1S/C26H27N7O2/c1-19(30-22-6-8-24(9-7-22)33-14-16-35-17-15-33)31-25(10-12-27)20-2-4-23(5-3-20)32-26(34)21-11-13-28-29-18-21/h2-13,18,30H,1,14-17,27H2,(H,32,34)/b12-10-,31-25+. The SMILES string of the molecule is C=C(/N=C(\C=C/N)c1ccc(NC(=O)c2ccnnc2)cc1)Nc1ccc(N2CCOCC2)cc1. The highest BCUT2D eigenvalue weighted by Crippen LogP contribution is 2.20. The molecule has 178 valence electrons. The maximum atomic E-state index is 12.3. The first-order chi connectivity index (χ1) is 17.1. The van der Waals surface area contributed by atoms with E-state index < -0.39 is 0 Å². The smallest absolute Gasteiger partial charge is 0.257 e. The molecule has 2 heterocycles. The molecule has 1 fully saturated rings. The molecule has 0 bridgehead atoms. The van der Waals surface area contributed by atoms with Crippen molar-refractivity contribution in [3.05, 3.63) is 103 Å². The molecule has 0 unspecified atom stereocenters. The zero-order valence-corrected chi connectivity index (χ0v) is 19.2. The van der Waals surface area contributed by atoms with Crippen LogP contribution in [-0.2, 0) is 4.74 Å². The molecule has 1 saturated heterocycles. The van der Waals surface area contributed by atoms with Crippen LogP contribution in [-0.4, -0.2) is 48.1 Å². The molecule has 1 aliphatic heterocycles. The second-order valence-electron chi connectivity index (χ2n) is 7.74. The second-order valence-corrected chi connectivity index (χ2v) is 7.74. The number of aromatic nitrogens is 2. The normalized spacial score (nSPS) is 14.1. The van der Waals surface area contributed by atoms with E-state index in [1.54, 1.807) is 24.3 Å². The molecular formula is C26H27N7O2. The Bertz CT molecular complexity index is 1200. The van der Waals surface area contributed by atoms with Crippen LogP contribution >= 0.6 is 0 Å². The van der Waals surface area contributed by atoms with Crippen molar-refractivity contribution >= 4 is 28.7 Å². The molecule has 1 aliphatic rings. The molecule has 0 saturated carbocycles. The van der Waals surface area contributed by atoms with Crippen molar-refractivity contribution < 1.29 is 9.53 Å². The highest BCUT2D eigenvalue weighted by molar-refractivity contribution is 6.10. The van der Waals surface area contributed by atoms with Gasteiger partial charge in [0.1, 0.15) is 5.82 Å². The van der Waals surface area contributed by atoms with E-state index in [-0.39, 0.29) is 5.91 Å². The Morgan fingerprint density at radius 2 is 1.66 bits per heavy atom. The lowest BCUT2D eigenvalue weighted by atomic mass is 10.1. The molecule has 0 aliphatic carbocycles. The molecule has 0 spiro atoms. The number of ether oxygens (including phenoxy) is 1. The number of benzene rings is 2. The molecule has 4 rings (SSSR count). The average molecular weight is 470 g/mol. The summed E-state index contributed by atoms with van der Waals surface area (Å²) < 4.78 is 5.41. The number of amides is 1. The van der Waals surface area contributed by atoms with Gasteiger partial charge in [0.25, 0.3) is 5.91 Å². The lowest BCUT2D eigenvalue weighted by Crippen LogP contribution is -2.36. The van der Waals surface area contributed by atoms with Gasteiger partial charge in [0.15, 0.2) is 0 Å². The van der Waals surface area contributed by atoms with Gasteiger partial charge in [0.2, 0.25) is 0 Å². The molecule has 0 radical (unpaired) electrons. The van der Waals surface area contributed by atoms with Gasteiger partial charge in [-0.15, -0.1) is 0 Å². The van der Waals surface area contributed by atoms with Gasteiger partial charge in [-0.1, -0.05) is 18.7 Å². The molecule has 3 aromatic rings. The molecule has 9 heteroatoms. The van der Waals surface area contributed by atoms with E-state index in [9.17, 15) is 4.79 Å². The van der Waals surface area contributed by atoms with Crippen molar-refractivity contribution in [3.8, 4) is 0 Å². The van der Waals surface area contributed by atoms with Crippen LogP contribution in [0.25, 0.3) is 0 Å². The van der Waals surface area contributed by atoms with Gasteiger partial charge in [-0.25, -0.2) is 4.99 Å². The lowest BCUT2D eigenvalue weighted by molar-refractivity contribution is 0.102. The zero-order valence-electron chi connectivity index (χ0n) is 19.2. The number of rotatable bonds is 8. The maximum absolute atomic E-state index is 12.3. The first-order valence-corrected chi connectivity index (χ1v) is 11.2. The Labute approximate surface area is 204 Å². The Morgan fingerprint density at radius 3 is 2.31 bits per heavy atom. The summed E-state index contributed by atoms with van der Waals surface area (Å²) in [6.45, 7) is 7.31. The highest BCUT2D eigenvalue weighted by atomic mass is 16.5. The minimum absolute atomic E-state index is 0.263. The number of anilines is 3. The van der Waals surface area contributed by atoms with Crippen LogP contribution in [0.4, 0.5) is 17.1 Å². The van der Waals surface area contributed by atoms with Crippen molar-refractivity contribution in [2.45, 2.75) is 0 Å². The molecule has 1 amide bonds. The number of carbonyl (C=O) groups is 1. The fourth-order valence-electron chi connectivity index (χ4n) is 3.56. The molecule has 9 nitrogen and oxygen atoms in total. The number of hydrogen-bond donors (Lipinski definition) is 3. The number of hydrogen-bond acceptors (Lipinski definition) is 8. The number of carbonyl (C=O) groups excluding carboxylic acids is 1. The van der Waals surface area contributed by atoms with Crippen molar-refractivity contribution in [1.29, 1.82) is 0 Å². The van der Waals surface area contributed by atoms with Crippen LogP contribution in [0.15, 0.2) is 96.7 Å². The van der Waals surface area contributed by atoms with Crippen molar-refractivity contribution in [1.82, 2.24) is 10.2 Å². The summed E-state index contributed by atoms with van der Waals surface area (Å²) in [6, 6.07) is 17.0. The average Bonchev–Trinajstić information content (AvgIpc) is 2.90. The monoisotopic (exact) mass is 469 g/mol. The van der Waals surface area contributed by atoms with E-state index >= 15 is 0 Å².